The fourth-order valence-electron chi connectivity index (χ4n) is 2.24. The smallest absolute Gasteiger partial charge is 0.401 e. The summed E-state index contributed by atoms with van der Waals surface area (Å²) < 4.78 is 76.5. The Morgan fingerprint density at radius 2 is 1.68 bits per heavy atom. The average molecular weight is 388 g/mol. The van der Waals surface area contributed by atoms with Crippen LogP contribution in [0.25, 0.3) is 5.57 Å². The maximum Gasteiger partial charge on any atom is 0.416 e. The Hall–Kier alpha value is -1.51. The monoisotopic (exact) mass is 387 g/mol. The molecule has 0 spiro atoms. The van der Waals surface area contributed by atoms with Crippen LogP contribution in [0.2, 0.25) is 0 Å². The number of benzene rings is 1. The number of Topliss-reactive ketones (excluding diaryl/α,β-unsaturated/α-hetero) is 1. The van der Waals surface area contributed by atoms with E-state index in [1.807, 2.05) is 0 Å². The molecule has 1 aliphatic carbocycles. The van der Waals surface area contributed by atoms with E-state index in [0.29, 0.717) is 6.07 Å². The number of ketones is 1. The number of carbonyl (C=O) groups is 1. The van der Waals surface area contributed by atoms with Crippen molar-refractivity contribution in [2.45, 2.75) is 18.8 Å². The van der Waals surface area contributed by atoms with Gasteiger partial charge in [0.1, 0.15) is 5.92 Å². The van der Waals surface area contributed by atoms with Crippen molar-refractivity contribution >= 4 is 27.3 Å². The van der Waals surface area contributed by atoms with Crippen molar-refractivity contribution in [1.82, 2.24) is 0 Å². The quantitative estimate of drug-likeness (QED) is 0.730. The zero-order chi connectivity index (χ0) is 16.9. The molecule has 0 amide bonds. The molecule has 1 aromatic rings. The van der Waals surface area contributed by atoms with Crippen molar-refractivity contribution < 1.29 is 31.1 Å². The first-order chi connectivity index (χ1) is 9.91. The zero-order valence-corrected chi connectivity index (χ0v) is 12.2. The van der Waals surface area contributed by atoms with Gasteiger partial charge in [0.15, 0.2) is 5.78 Å². The molecule has 22 heavy (non-hydrogen) atoms. The van der Waals surface area contributed by atoms with Gasteiger partial charge in [-0.05, 0) is 23.8 Å². The van der Waals surface area contributed by atoms with Crippen LogP contribution in [0.15, 0.2) is 28.4 Å². The van der Waals surface area contributed by atoms with Crippen LogP contribution < -0.4 is 5.73 Å². The summed E-state index contributed by atoms with van der Waals surface area (Å²) in [6, 6.07) is 2.51. The molecule has 1 aliphatic rings. The van der Waals surface area contributed by atoms with E-state index in [1.165, 1.54) is 0 Å². The molecule has 2 nitrogen and oxygen atoms in total. The molecule has 0 aromatic heterocycles. The first-order valence-corrected chi connectivity index (χ1v) is 6.68. The van der Waals surface area contributed by atoms with Gasteiger partial charge in [-0.1, -0.05) is 15.9 Å². The summed E-state index contributed by atoms with van der Waals surface area (Å²) in [6.45, 7) is 0. The zero-order valence-electron chi connectivity index (χ0n) is 10.6. The van der Waals surface area contributed by atoms with Crippen LogP contribution in [-0.4, -0.2) is 12.0 Å². The van der Waals surface area contributed by atoms with Crippen LogP contribution in [0.5, 0.6) is 0 Å². The maximum absolute atomic E-state index is 12.8. The van der Waals surface area contributed by atoms with Gasteiger partial charge >= 0.3 is 12.4 Å². The second-order valence-electron chi connectivity index (χ2n) is 4.79. The third kappa shape index (κ3) is 3.13. The van der Waals surface area contributed by atoms with Crippen LogP contribution in [0.4, 0.5) is 26.3 Å². The summed E-state index contributed by atoms with van der Waals surface area (Å²) in [6.07, 6.45) is -10.2. The lowest BCUT2D eigenvalue weighted by Gasteiger charge is -2.14. The Balaban J connectivity index is 2.51. The van der Waals surface area contributed by atoms with Crippen molar-refractivity contribution in [1.29, 1.82) is 0 Å². The Labute approximate surface area is 129 Å². The predicted molar refractivity (Wildman–Crippen MR) is 69.4 cm³/mol. The number of hydrogen-bond acceptors (Lipinski definition) is 2. The summed E-state index contributed by atoms with van der Waals surface area (Å²) >= 11 is 2.85. The van der Waals surface area contributed by atoms with Crippen molar-refractivity contribution in [3.63, 3.8) is 0 Å². The van der Waals surface area contributed by atoms with E-state index in [-0.39, 0.29) is 15.7 Å². The molecule has 0 fully saturated rings. The van der Waals surface area contributed by atoms with Crippen LogP contribution in [-0.2, 0) is 11.0 Å². The number of halogens is 7. The number of allylic oxidation sites excluding steroid dienone is 2. The highest BCUT2D eigenvalue weighted by Crippen LogP contribution is 2.43. The number of alkyl halides is 6. The largest absolute Gasteiger partial charge is 0.416 e. The summed E-state index contributed by atoms with van der Waals surface area (Å²) in [5.74, 6) is -3.62. The fourth-order valence-corrected chi connectivity index (χ4v) is 2.73. The lowest BCUT2D eigenvalue weighted by atomic mass is 9.97. The van der Waals surface area contributed by atoms with Crippen molar-refractivity contribution in [2.24, 2.45) is 11.7 Å². The minimum absolute atomic E-state index is 0.0131. The second-order valence-corrected chi connectivity index (χ2v) is 5.70. The summed E-state index contributed by atoms with van der Waals surface area (Å²) in [7, 11) is 0. The highest BCUT2D eigenvalue weighted by atomic mass is 79.9. The Bertz CT molecular complexity index is 661. The lowest BCUT2D eigenvalue weighted by molar-refractivity contribution is -0.176. The predicted octanol–water partition coefficient (Wildman–Crippen LogP) is 4.29. The third-order valence-corrected chi connectivity index (χ3v) is 3.67. The minimum atomic E-state index is -4.79. The molecule has 0 heterocycles. The second kappa shape index (κ2) is 5.29. The van der Waals surface area contributed by atoms with Gasteiger partial charge in [-0.15, -0.1) is 0 Å². The average Bonchev–Trinajstić information content (AvgIpc) is 2.62. The van der Waals surface area contributed by atoms with Crippen LogP contribution >= 0.6 is 15.9 Å². The molecular formula is C13H8BrF6NO. The lowest BCUT2D eigenvalue weighted by Crippen LogP contribution is -2.27. The molecule has 120 valence electrons. The Kier molecular flexibility index (Phi) is 4.05. The van der Waals surface area contributed by atoms with Gasteiger partial charge in [0, 0.05) is 22.2 Å². The maximum atomic E-state index is 12.8. The molecule has 9 heteroatoms. The summed E-state index contributed by atoms with van der Waals surface area (Å²) in [4.78, 5) is 11.9. The van der Waals surface area contributed by atoms with Crippen LogP contribution in [0.3, 0.4) is 0 Å². The highest BCUT2D eigenvalue weighted by molar-refractivity contribution is 9.10. The van der Waals surface area contributed by atoms with Gasteiger partial charge in [-0.3, -0.25) is 4.79 Å². The molecule has 0 bridgehead atoms. The first kappa shape index (κ1) is 16.9. The number of nitrogens with two attached hydrogens (primary N) is 1. The number of carbonyl (C=O) groups excluding carboxylic acids is 1. The molecule has 0 saturated heterocycles. The standard InChI is InChI=1S/C13H8BrF6NO/c14-7-2-5(1-6(3-7)12(15,16)17)10-9(21)4-8(11(10)22)13(18,19)20/h1-3,8H,4,21H2. The third-order valence-electron chi connectivity index (χ3n) is 3.22. The molecule has 1 unspecified atom stereocenters. The van der Waals surface area contributed by atoms with Gasteiger partial charge in [-0.2, -0.15) is 26.3 Å². The van der Waals surface area contributed by atoms with E-state index in [0.717, 1.165) is 12.1 Å². The Morgan fingerprint density at radius 1 is 1.09 bits per heavy atom. The van der Waals surface area contributed by atoms with E-state index >= 15 is 0 Å². The van der Waals surface area contributed by atoms with E-state index < -0.39 is 41.6 Å². The first-order valence-electron chi connectivity index (χ1n) is 5.89. The molecule has 2 rings (SSSR count). The summed E-state index contributed by atoms with van der Waals surface area (Å²) in [5, 5.41) is 0. The van der Waals surface area contributed by atoms with E-state index in [1.54, 1.807) is 0 Å². The Morgan fingerprint density at radius 3 is 2.14 bits per heavy atom. The van der Waals surface area contributed by atoms with Gasteiger partial charge in [0.05, 0.1) is 5.56 Å². The number of hydrogen-bond donors (Lipinski definition) is 1. The highest BCUT2D eigenvalue weighted by Gasteiger charge is 2.50. The van der Waals surface area contributed by atoms with Gasteiger partial charge in [-0.25, -0.2) is 0 Å². The van der Waals surface area contributed by atoms with Crippen LogP contribution in [0.1, 0.15) is 17.5 Å². The van der Waals surface area contributed by atoms with Crippen molar-refractivity contribution in [3.05, 3.63) is 39.5 Å². The van der Waals surface area contributed by atoms with Gasteiger partial charge in [0.25, 0.3) is 0 Å². The molecule has 2 N–H and O–H groups in total. The van der Waals surface area contributed by atoms with E-state index in [9.17, 15) is 31.1 Å². The molecule has 0 aliphatic heterocycles. The molecule has 1 atom stereocenters. The molecule has 1 aromatic carbocycles. The van der Waals surface area contributed by atoms with Crippen LogP contribution in [0, 0.1) is 5.92 Å². The summed E-state index contributed by atoms with van der Waals surface area (Å²) in [5.41, 5.74) is 3.23. The minimum Gasteiger partial charge on any atom is -0.401 e. The molecular weight excluding hydrogens is 380 g/mol. The van der Waals surface area contributed by atoms with Gasteiger partial charge in [0.2, 0.25) is 0 Å². The van der Waals surface area contributed by atoms with Gasteiger partial charge < -0.3 is 5.73 Å². The normalized spacial score (nSPS) is 20.0. The number of rotatable bonds is 1. The molecule has 0 radical (unpaired) electrons. The van der Waals surface area contributed by atoms with Crippen molar-refractivity contribution in [2.75, 3.05) is 0 Å². The SMILES string of the molecule is NC1=C(c2cc(Br)cc(C(F)(F)F)c2)C(=O)C(C(F)(F)F)C1. The topological polar surface area (TPSA) is 43.1 Å². The van der Waals surface area contributed by atoms with Crippen molar-refractivity contribution in [3.8, 4) is 0 Å². The van der Waals surface area contributed by atoms with E-state index in [4.69, 9.17) is 5.73 Å². The van der Waals surface area contributed by atoms with E-state index in [2.05, 4.69) is 15.9 Å². The fraction of sp³-hybridized carbons (Fsp3) is 0.308. The molecule has 0 saturated carbocycles.